The molecule has 0 unspecified atom stereocenters. The van der Waals surface area contributed by atoms with Gasteiger partial charge in [-0.3, -0.25) is 28.9 Å². The van der Waals surface area contributed by atoms with Crippen molar-refractivity contribution in [1.82, 2.24) is 20.9 Å². The lowest BCUT2D eigenvalue weighted by atomic mass is 9.98. The molecule has 5 amide bonds. The average molecular weight is 937 g/mol. The maximum Gasteiger partial charge on any atom is 0.285 e. The van der Waals surface area contributed by atoms with Crippen LogP contribution < -0.4 is 25.4 Å². The first-order valence-corrected chi connectivity index (χ1v) is 24.2. The summed E-state index contributed by atoms with van der Waals surface area (Å²) in [5, 5.41) is 8.92. The van der Waals surface area contributed by atoms with Gasteiger partial charge in [-0.15, -0.1) is 6.42 Å². The number of imide groups is 1. The molecule has 3 aromatic rings. The second-order valence-corrected chi connectivity index (χ2v) is 19.7. The van der Waals surface area contributed by atoms with E-state index in [9.17, 15) is 14.4 Å². The Morgan fingerprint density at radius 1 is 0.765 bits per heavy atom. The third-order valence-corrected chi connectivity index (χ3v) is 12.3. The summed E-state index contributed by atoms with van der Waals surface area (Å²) in [6.07, 6.45) is 7.22. The van der Waals surface area contributed by atoms with Gasteiger partial charge in [0.1, 0.15) is 44.4 Å². The van der Waals surface area contributed by atoms with Crippen LogP contribution in [-0.4, -0.2) is 122 Å². The van der Waals surface area contributed by atoms with E-state index in [1.807, 2.05) is 92.7 Å². The molecule has 2 fully saturated rings. The van der Waals surface area contributed by atoms with E-state index in [1.165, 1.54) is 0 Å². The minimum absolute atomic E-state index is 0.0416. The van der Waals surface area contributed by atoms with E-state index in [2.05, 4.69) is 49.6 Å². The van der Waals surface area contributed by atoms with Crippen molar-refractivity contribution in [3.63, 3.8) is 0 Å². The molecule has 3 aromatic carbocycles. The molecule has 2 aliphatic heterocycles. The summed E-state index contributed by atoms with van der Waals surface area (Å²) in [5.74, 6) is 1.47. The van der Waals surface area contributed by atoms with E-state index >= 15 is 9.59 Å². The van der Waals surface area contributed by atoms with Crippen molar-refractivity contribution in [1.29, 1.82) is 0 Å². The number of carbonyl (C=O) groups is 5. The molecular formula is C54H74N5O9+. The van der Waals surface area contributed by atoms with E-state index < -0.39 is 47.4 Å². The minimum atomic E-state index is -1.32. The number of epoxide rings is 1. The van der Waals surface area contributed by atoms with Gasteiger partial charge in [0.15, 0.2) is 23.6 Å². The SMILES string of the molecule is C#CCOc1cc(C[N+]2(CC(=O)N(C(=O)[C@@]3(C)CO3)[C@@H](CCc3ccccc3)C(=O)N[C@@H](CC(C)C)C(=O)N[C@@H](Cc3ccccc3)C(=O)NCCC(C)C)CCOCC2)ccc1OCC(C)C. The number of rotatable bonds is 26. The van der Waals surface area contributed by atoms with Gasteiger partial charge in [0, 0.05) is 18.5 Å². The number of aryl methyl sites for hydroxylation is 1. The van der Waals surface area contributed by atoms with Gasteiger partial charge in [-0.2, -0.15) is 0 Å². The second kappa shape index (κ2) is 25.6. The van der Waals surface area contributed by atoms with E-state index in [0.29, 0.717) is 69.8 Å². The van der Waals surface area contributed by atoms with Crippen LogP contribution in [-0.2, 0) is 52.8 Å². The molecule has 0 aliphatic carbocycles. The fraction of sp³-hybridized carbons (Fsp3) is 0.537. The summed E-state index contributed by atoms with van der Waals surface area (Å²) in [6.45, 7) is 16.7. The largest absolute Gasteiger partial charge is 0.489 e. The molecular weight excluding hydrogens is 863 g/mol. The van der Waals surface area contributed by atoms with Crippen LogP contribution in [0.1, 0.15) is 84.4 Å². The van der Waals surface area contributed by atoms with Gasteiger partial charge < -0.3 is 39.4 Å². The maximum atomic E-state index is 15.2. The first kappa shape index (κ1) is 53.2. The van der Waals surface area contributed by atoms with Crippen LogP contribution in [0.2, 0.25) is 0 Å². The minimum Gasteiger partial charge on any atom is -0.489 e. The lowest BCUT2D eigenvalue weighted by Crippen LogP contribution is -2.64. The Morgan fingerprint density at radius 3 is 2.01 bits per heavy atom. The van der Waals surface area contributed by atoms with Gasteiger partial charge in [0.05, 0.1) is 26.4 Å². The molecule has 4 atom stereocenters. The Kier molecular flexibility index (Phi) is 20.0. The first-order chi connectivity index (χ1) is 32.5. The summed E-state index contributed by atoms with van der Waals surface area (Å²) >= 11 is 0. The summed E-state index contributed by atoms with van der Waals surface area (Å²) in [5.41, 5.74) is 1.31. The van der Waals surface area contributed by atoms with Crippen LogP contribution in [0.15, 0.2) is 78.9 Å². The van der Waals surface area contributed by atoms with Crippen LogP contribution in [0.3, 0.4) is 0 Å². The molecule has 3 N–H and O–H groups in total. The van der Waals surface area contributed by atoms with Crippen LogP contribution in [0.5, 0.6) is 11.5 Å². The number of nitrogens with one attached hydrogen (secondary N) is 3. The number of hydrogen-bond donors (Lipinski definition) is 3. The lowest BCUT2D eigenvalue weighted by molar-refractivity contribution is -0.940. The standard InChI is InChI=1S/C54H73N5O9/c1-9-28-66-48-33-43(21-23-47(48)67-36-40(6)7)34-59(26-29-65-30-27-59)35-49(60)58(53(64)54(8)37-68-54)46(22-20-41-16-12-10-13-17-41)52(63)57-44(31-39(4)5)51(62)56-45(32-42-18-14-11-15-19-42)50(61)55-25-24-38(2)3/h1,10-19,21,23,33,38-40,44-46H,20,22,24-32,34-37H2,2-8H3,(H2-,55,56,57,61,62,63)/p+1/t44-,45-,46-,54+/m0/s1. The van der Waals surface area contributed by atoms with E-state index in [-0.39, 0.29) is 61.2 Å². The Bertz CT molecular complexity index is 2160. The van der Waals surface area contributed by atoms with Crippen molar-refractivity contribution >= 4 is 29.5 Å². The molecule has 0 saturated carbocycles. The molecule has 2 heterocycles. The number of carbonyl (C=O) groups excluding carboxylic acids is 5. The highest BCUT2D eigenvalue weighted by Gasteiger charge is 2.54. The van der Waals surface area contributed by atoms with Crippen molar-refractivity contribution in [3.8, 4) is 23.8 Å². The lowest BCUT2D eigenvalue weighted by Gasteiger charge is -2.42. The Morgan fingerprint density at radius 2 is 1.41 bits per heavy atom. The summed E-state index contributed by atoms with van der Waals surface area (Å²) in [7, 11) is 0. The molecule has 68 heavy (non-hydrogen) atoms. The summed E-state index contributed by atoms with van der Waals surface area (Å²) < 4.78 is 23.7. The van der Waals surface area contributed by atoms with Gasteiger partial charge in [-0.05, 0) is 79.7 Å². The fourth-order valence-corrected chi connectivity index (χ4v) is 8.26. The number of morpholine rings is 1. The molecule has 5 rings (SSSR count). The second-order valence-electron chi connectivity index (χ2n) is 19.7. The number of ether oxygens (including phenoxy) is 4. The molecule has 0 radical (unpaired) electrons. The molecule has 368 valence electrons. The van der Waals surface area contributed by atoms with E-state index in [1.54, 1.807) is 6.92 Å². The molecule has 2 saturated heterocycles. The van der Waals surface area contributed by atoms with Crippen molar-refractivity contribution < 1.29 is 47.4 Å². The number of quaternary nitrogens is 1. The number of hydrogen-bond acceptors (Lipinski definition) is 9. The normalized spacial score (nSPS) is 17.6. The van der Waals surface area contributed by atoms with Gasteiger partial charge in [-0.1, -0.05) is 108 Å². The smallest absolute Gasteiger partial charge is 0.285 e. The molecule has 0 aromatic heterocycles. The van der Waals surface area contributed by atoms with Crippen molar-refractivity contribution in [3.05, 3.63) is 95.6 Å². The summed E-state index contributed by atoms with van der Waals surface area (Å²) in [6, 6.07) is 21.3. The Hall–Kier alpha value is -5.75. The quantitative estimate of drug-likeness (QED) is 0.0525. The van der Waals surface area contributed by atoms with Crippen molar-refractivity contribution in [2.75, 3.05) is 59.2 Å². The average Bonchev–Trinajstić information content (AvgIpc) is 4.07. The summed E-state index contributed by atoms with van der Waals surface area (Å²) in [4.78, 5) is 74.3. The monoisotopic (exact) mass is 937 g/mol. The first-order valence-electron chi connectivity index (χ1n) is 24.2. The van der Waals surface area contributed by atoms with Crippen molar-refractivity contribution in [2.24, 2.45) is 17.8 Å². The van der Waals surface area contributed by atoms with Gasteiger partial charge >= 0.3 is 0 Å². The predicted molar refractivity (Wildman–Crippen MR) is 261 cm³/mol. The van der Waals surface area contributed by atoms with Gasteiger partial charge in [0.25, 0.3) is 11.8 Å². The highest BCUT2D eigenvalue weighted by Crippen LogP contribution is 2.33. The van der Waals surface area contributed by atoms with E-state index in [4.69, 9.17) is 25.4 Å². The zero-order valence-electron chi connectivity index (χ0n) is 41.2. The number of nitrogens with zero attached hydrogens (tertiary/aromatic N) is 2. The van der Waals surface area contributed by atoms with E-state index in [0.717, 1.165) is 28.0 Å². The molecule has 0 spiro atoms. The third kappa shape index (κ3) is 16.2. The zero-order chi connectivity index (χ0) is 49.3. The third-order valence-electron chi connectivity index (χ3n) is 12.3. The van der Waals surface area contributed by atoms with Gasteiger partial charge in [-0.25, -0.2) is 0 Å². The fourth-order valence-electron chi connectivity index (χ4n) is 8.26. The van der Waals surface area contributed by atoms with Crippen LogP contribution >= 0.6 is 0 Å². The van der Waals surface area contributed by atoms with Crippen LogP contribution in [0, 0.1) is 30.1 Å². The Balaban J connectivity index is 1.48. The highest BCUT2D eigenvalue weighted by molar-refractivity contribution is 6.05. The highest BCUT2D eigenvalue weighted by atomic mass is 16.6. The molecule has 2 aliphatic rings. The topological polar surface area (TPSA) is 165 Å². The Labute approximate surface area is 403 Å². The van der Waals surface area contributed by atoms with Gasteiger partial charge in [0.2, 0.25) is 17.7 Å². The zero-order valence-corrected chi connectivity index (χ0v) is 41.2. The number of amides is 5. The molecule has 0 bridgehead atoms. The maximum absolute atomic E-state index is 15.2. The van der Waals surface area contributed by atoms with Crippen LogP contribution in [0.25, 0.3) is 0 Å². The number of benzene rings is 3. The predicted octanol–water partition coefficient (Wildman–Crippen LogP) is 5.65. The van der Waals surface area contributed by atoms with Crippen LogP contribution in [0.4, 0.5) is 0 Å². The molecule has 14 heteroatoms. The molecule has 14 nitrogen and oxygen atoms in total. The van der Waals surface area contributed by atoms with Crippen molar-refractivity contribution in [2.45, 2.75) is 111 Å². The number of terminal acetylenes is 1.